The molecule has 130 valence electrons. The monoisotopic (exact) mass is 335 g/mol. The lowest BCUT2D eigenvalue weighted by Crippen LogP contribution is -2.50. The summed E-state index contributed by atoms with van der Waals surface area (Å²) in [6.45, 7) is 3.89. The smallest absolute Gasteiger partial charge is 0.408 e. The lowest BCUT2D eigenvalue weighted by Gasteiger charge is -2.37. The minimum atomic E-state index is -1.20. The predicted octanol–water partition coefficient (Wildman–Crippen LogP) is 2.13. The molecule has 8 heteroatoms. The number of carbonyl (C=O) groups is 2. The molecule has 2 N–H and O–H groups in total. The van der Waals surface area contributed by atoms with Crippen molar-refractivity contribution in [3.63, 3.8) is 0 Å². The van der Waals surface area contributed by atoms with Crippen LogP contribution in [0.3, 0.4) is 0 Å². The average molecular weight is 335 g/mol. The first-order valence-electron chi connectivity index (χ1n) is 7.75. The van der Waals surface area contributed by atoms with E-state index in [2.05, 4.69) is 5.32 Å². The molecule has 0 aromatic heterocycles. The van der Waals surface area contributed by atoms with Gasteiger partial charge in [-0.15, -0.1) is 0 Å². The summed E-state index contributed by atoms with van der Waals surface area (Å²) in [6.07, 6.45) is 0.407. The lowest BCUT2D eigenvalue weighted by molar-refractivity contribution is -0.384. The van der Waals surface area contributed by atoms with E-state index in [1.165, 1.54) is 24.3 Å². The third kappa shape index (κ3) is 3.70. The van der Waals surface area contributed by atoms with E-state index in [0.29, 0.717) is 12.0 Å². The highest BCUT2D eigenvalue weighted by Crippen LogP contribution is 2.29. The number of nitrogens with one attached hydrogen (secondary N) is 1. The highest BCUT2D eigenvalue weighted by molar-refractivity contribution is 5.88. The molecule has 1 saturated heterocycles. The summed E-state index contributed by atoms with van der Waals surface area (Å²) in [7, 11) is 0. The van der Waals surface area contributed by atoms with E-state index in [4.69, 9.17) is 0 Å². The molecule has 0 unspecified atom stereocenters. The number of benzene rings is 1. The van der Waals surface area contributed by atoms with Crippen LogP contribution in [0.15, 0.2) is 24.3 Å². The molecule has 1 aromatic carbocycles. The van der Waals surface area contributed by atoms with E-state index < -0.39 is 16.6 Å². The van der Waals surface area contributed by atoms with E-state index in [-0.39, 0.29) is 24.1 Å². The molecule has 0 saturated carbocycles. The molecule has 1 atom stereocenters. The van der Waals surface area contributed by atoms with Crippen LogP contribution in [0.2, 0.25) is 0 Å². The van der Waals surface area contributed by atoms with Gasteiger partial charge in [0.05, 0.1) is 23.0 Å². The molecule has 1 aromatic rings. The number of amides is 1. The molecular formula is C16H21N3O5. The van der Waals surface area contributed by atoms with Crippen LogP contribution < -0.4 is 5.32 Å². The van der Waals surface area contributed by atoms with Crippen LogP contribution in [0.1, 0.15) is 32.3 Å². The minimum absolute atomic E-state index is 0.0670. The lowest BCUT2D eigenvalue weighted by atomic mass is 9.91. The summed E-state index contributed by atoms with van der Waals surface area (Å²) in [4.78, 5) is 35.3. The second kappa shape index (κ2) is 6.96. The maximum atomic E-state index is 12.3. The van der Waals surface area contributed by atoms with Crippen LogP contribution in [0, 0.1) is 10.1 Å². The molecule has 0 radical (unpaired) electrons. The summed E-state index contributed by atoms with van der Waals surface area (Å²) in [5, 5.41) is 23.4. The Labute approximate surface area is 139 Å². The fourth-order valence-electron chi connectivity index (χ4n) is 2.88. The van der Waals surface area contributed by atoms with Gasteiger partial charge in [-0.05, 0) is 50.9 Å². The molecule has 1 aliphatic rings. The SMILES string of the molecule is CC(C)(c1ccc([N+](=O)[O-])cc1)N(CC(=O)[C@@H]1CCCN1)C(=O)O. The zero-order valence-corrected chi connectivity index (χ0v) is 13.7. The summed E-state index contributed by atoms with van der Waals surface area (Å²) in [5.74, 6) is -0.162. The van der Waals surface area contributed by atoms with E-state index in [9.17, 15) is 24.8 Å². The van der Waals surface area contributed by atoms with Gasteiger partial charge >= 0.3 is 6.09 Å². The van der Waals surface area contributed by atoms with Crippen molar-refractivity contribution in [2.45, 2.75) is 38.3 Å². The number of ketones is 1. The van der Waals surface area contributed by atoms with Crippen LogP contribution >= 0.6 is 0 Å². The van der Waals surface area contributed by atoms with E-state index in [0.717, 1.165) is 17.9 Å². The first-order valence-corrected chi connectivity index (χ1v) is 7.75. The third-order valence-electron chi connectivity index (χ3n) is 4.45. The van der Waals surface area contributed by atoms with Crippen LogP contribution in [0.25, 0.3) is 0 Å². The largest absolute Gasteiger partial charge is 0.465 e. The Morgan fingerprint density at radius 1 is 1.38 bits per heavy atom. The van der Waals surface area contributed by atoms with Crippen molar-refractivity contribution < 1.29 is 19.6 Å². The van der Waals surface area contributed by atoms with Gasteiger partial charge in [0, 0.05) is 12.1 Å². The third-order valence-corrected chi connectivity index (χ3v) is 4.45. The average Bonchev–Trinajstić information content (AvgIpc) is 3.06. The van der Waals surface area contributed by atoms with Crippen molar-refractivity contribution in [1.82, 2.24) is 10.2 Å². The van der Waals surface area contributed by atoms with Gasteiger partial charge in [0.2, 0.25) is 0 Å². The molecule has 1 amide bonds. The summed E-state index contributed by atoms with van der Waals surface area (Å²) in [5.41, 5.74) is -0.472. The molecular weight excluding hydrogens is 314 g/mol. The summed E-state index contributed by atoms with van der Waals surface area (Å²) in [6, 6.07) is 5.40. The second-order valence-corrected chi connectivity index (χ2v) is 6.35. The fraction of sp³-hybridized carbons (Fsp3) is 0.500. The molecule has 1 fully saturated rings. The van der Waals surface area contributed by atoms with Crippen molar-refractivity contribution in [2.24, 2.45) is 0 Å². The first kappa shape index (κ1) is 17.9. The Morgan fingerprint density at radius 2 is 2.00 bits per heavy atom. The standard InChI is InChI=1S/C16H21N3O5/c1-16(2,11-5-7-12(8-6-11)19(23)24)18(15(21)22)10-14(20)13-4-3-9-17-13/h5-8,13,17H,3-4,9-10H2,1-2H3,(H,21,22)/t13-/m0/s1. The minimum Gasteiger partial charge on any atom is -0.465 e. The van der Waals surface area contributed by atoms with Gasteiger partial charge < -0.3 is 10.4 Å². The van der Waals surface area contributed by atoms with E-state index in [1.54, 1.807) is 13.8 Å². The van der Waals surface area contributed by atoms with Gasteiger partial charge in [0.25, 0.3) is 5.69 Å². The number of Topliss-reactive ketones (excluding diaryl/α,β-unsaturated/α-hetero) is 1. The molecule has 0 spiro atoms. The molecule has 8 nitrogen and oxygen atoms in total. The molecule has 1 heterocycles. The number of nitrogens with zero attached hydrogens (tertiary/aromatic N) is 2. The van der Waals surface area contributed by atoms with Crippen molar-refractivity contribution >= 4 is 17.6 Å². The number of hydrogen-bond donors (Lipinski definition) is 2. The highest BCUT2D eigenvalue weighted by Gasteiger charge is 2.36. The van der Waals surface area contributed by atoms with Gasteiger partial charge in [-0.1, -0.05) is 0 Å². The number of carbonyl (C=O) groups excluding carboxylic acids is 1. The quantitative estimate of drug-likeness (QED) is 0.608. The van der Waals surface area contributed by atoms with Gasteiger partial charge in [-0.2, -0.15) is 0 Å². The van der Waals surface area contributed by atoms with Crippen LogP contribution in [0.4, 0.5) is 10.5 Å². The first-order chi connectivity index (χ1) is 11.2. The van der Waals surface area contributed by atoms with Crippen LogP contribution in [0.5, 0.6) is 0 Å². The Bertz CT molecular complexity index is 636. The Hall–Kier alpha value is -2.48. The number of rotatable bonds is 6. The number of nitro groups is 1. The fourth-order valence-corrected chi connectivity index (χ4v) is 2.88. The van der Waals surface area contributed by atoms with E-state index in [1.807, 2.05) is 0 Å². The van der Waals surface area contributed by atoms with Gasteiger partial charge in [-0.25, -0.2) is 4.79 Å². The molecule has 0 aliphatic carbocycles. The predicted molar refractivity (Wildman–Crippen MR) is 86.9 cm³/mol. The summed E-state index contributed by atoms with van der Waals surface area (Å²) < 4.78 is 0. The number of hydrogen-bond acceptors (Lipinski definition) is 5. The topological polar surface area (TPSA) is 113 Å². The normalized spacial score (nSPS) is 17.5. The molecule has 0 bridgehead atoms. The number of carboxylic acid groups (broad SMARTS) is 1. The Balaban J connectivity index is 2.22. The van der Waals surface area contributed by atoms with Gasteiger partial charge in [0.1, 0.15) is 0 Å². The van der Waals surface area contributed by atoms with Crippen molar-refractivity contribution in [2.75, 3.05) is 13.1 Å². The zero-order valence-electron chi connectivity index (χ0n) is 13.7. The highest BCUT2D eigenvalue weighted by atomic mass is 16.6. The number of nitro benzene ring substituents is 1. The Morgan fingerprint density at radius 3 is 2.46 bits per heavy atom. The van der Waals surface area contributed by atoms with Gasteiger partial charge in [0.15, 0.2) is 5.78 Å². The number of non-ortho nitro benzene ring substituents is 1. The van der Waals surface area contributed by atoms with Crippen molar-refractivity contribution in [3.8, 4) is 0 Å². The van der Waals surface area contributed by atoms with E-state index >= 15 is 0 Å². The Kier molecular flexibility index (Phi) is 5.18. The molecule has 2 rings (SSSR count). The van der Waals surface area contributed by atoms with Crippen molar-refractivity contribution in [3.05, 3.63) is 39.9 Å². The maximum absolute atomic E-state index is 12.3. The zero-order chi connectivity index (χ0) is 17.9. The summed E-state index contributed by atoms with van der Waals surface area (Å²) >= 11 is 0. The molecule has 24 heavy (non-hydrogen) atoms. The van der Waals surface area contributed by atoms with Crippen LogP contribution in [-0.2, 0) is 10.3 Å². The van der Waals surface area contributed by atoms with Gasteiger partial charge in [-0.3, -0.25) is 19.8 Å². The maximum Gasteiger partial charge on any atom is 0.408 e. The van der Waals surface area contributed by atoms with Crippen LogP contribution in [-0.4, -0.2) is 45.9 Å². The van der Waals surface area contributed by atoms with Crippen molar-refractivity contribution in [1.29, 1.82) is 0 Å². The molecule has 1 aliphatic heterocycles. The second-order valence-electron chi connectivity index (χ2n) is 6.35.